The van der Waals surface area contributed by atoms with Gasteiger partial charge < -0.3 is 4.74 Å². The van der Waals surface area contributed by atoms with Crippen molar-refractivity contribution in [2.75, 3.05) is 6.61 Å². The lowest BCUT2D eigenvalue weighted by Gasteiger charge is -2.09. The Balaban J connectivity index is 1.83. The molecule has 0 bridgehead atoms. The minimum atomic E-state index is -0.485. The second-order valence-corrected chi connectivity index (χ2v) is 7.21. The summed E-state index contributed by atoms with van der Waals surface area (Å²) in [5.74, 6) is -0.344. The predicted molar refractivity (Wildman–Crippen MR) is 114 cm³/mol. The molecule has 2 rings (SSSR count). The molecule has 29 heavy (non-hydrogen) atoms. The van der Waals surface area contributed by atoms with Crippen LogP contribution in [0, 0.1) is 20.8 Å². The topological polar surface area (TPSA) is 85.3 Å². The first-order chi connectivity index (χ1) is 13.8. The van der Waals surface area contributed by atoms with Crippen molar-refractivity contribution in [3.63, 3.8) is 0 Å². The van der Waals surface area contributed by atoms with Gasteiger partial charge in [0.05, 0.1) is 5.69 Å². The van der Waals surface area contributed by atoms with Gasteiger partial charge in [0, 0.05) is 18.2 Å². The highest BCUT2D eigenvalue weighted by Gasteiger charge is 2.11. The molecular formula is C21H27ClN4O3. The van der Waals surface area contributed by atoms with Crippen LogP contribution < -0.4 is 15.6 Å². The molecule has 0 spiro atoms. The Bertz CT molecular complexity index is 885. The first-order valence-corrected chi connectivity index (χ1v) is 9.88. The molecule has 2 aromatic rings. The number of hydrazine groups is 1. The quantitative estimate of drug-likeness (QED) is 0.507. The van der Waals surface area contributed by atoms with E-state index in [2.05, 4.69) is 22.9 Å². The number of amides is 2. The normalized spacial score (nSPS) is 10.9. The van der Waals surface area contributed by atoms with Gasteiger partial charge in [-0.05, 0) is 56.5 Å². The molecule has 0 saturated carbocycles. The second-order valence-electron chi connectivity index (χ2n) is 6.85. The van der Waals surface area contributed by atoms with E-state index in [1.165, 1.54) is 6.08 Å². The van der Waals surface area contributed by atoms with Gasteiger partial charge in [-0.15, -0.1) is 0 Å². The van der Waals surface area contributed by atoms with Gasteiger partial charge in [-0.3, -0.25) is 25.1 Å². The average molecular weight is 419 g/mol. The van der Waals surface area contributed by atoms with Crippen LogP contribution >= 0.6 is 11.6 Å². The first-order valence-electron chi connectivity index (χ1n) is 9.51. The summed E-state index contributed by atoms with van der Waals surface area (Å²) in [4.78, 5) is 23.8. The van der Waals surface area contributed by atoms with Crippen molar-refractivity contribution in [3.05, 3.63) is 51.8 Å². The first kappa shape index (κ1) is 22.5. The molecule has 1 heterocycles. The van der Waals surface area contributed by atoms with E-state index in [9.17, 15) is 9.59 Å². The van der Waals surface area contributed by atoms with E-state index in [4.69, 9.17) is 16.3 Å². The maximum atomic E-state index is 12.0. The van der Waals surface area contributed by atoms with Crippen molar-refractivity contribution < 1.29 is 14.3 Å². The molecule has 0 aliphatic carbocycles. The van der Waals surface area contributed by atoms with E-state index < -0.39 is 11.8 Å². The molecule has 1 aromatic carbocycles. The summed E-state index contributed by atoms with van der Waals surface area (Å²) in [5, 5.41) is 4.87. The molecule has 0 fully saturated rings. The fraction of sp³-hybridized carbons (Fsp3) is 0.381. The molecule has 2 N–H and O–H groups in total. The molecule has 2 amide bonds. The van der Waals surface area contributed by atoms with Crippen molar-refractivity contribution in [1.29, 1.82) is 0 Å². The van der Waals surface area contributed by atoms with E-state index in [0.29, 0.717) is 16.5 Å². The monoisotopic (exact) mass is 418 g/mol. The molecule has 0 atom stereocenters. The van der Waals surface area contributed by atoms with Crippen LogP contribution in [-0.4, -0.2) is 28.2 Å². The molecule has 0 aliphatic heterocycles. The Morgan fingerprint density at radius 3 is 2.52 bits per heavy atom. The number of benzene rings is 1. The van der Waals surface area contributed by atoms with Gasteiger partial charge in [0.2, 0.25) is 0 Å². The van der Waals surface area contributed by atoms with E-state index in [-0.39, 0.29) is 6.61 Å². The zero-order valence-electron chi connectivity index (χ0n) is 17.2. The molecule has 1 aromatic heterocycles. The number of carbonyl (C=O) groups is 2. The number of nitrogens with zero attached hydrogens (tertiary/aromatic N) is 2. The zero-order chi connectivity index (χ0) is 21.4. The highest BCUT2D eigenvalue weighted by molar-refractivity contribution is 6.31. The second kappa shape index (κ2) is 10.7. The van der Waals surface area contributed by atoms with Crippen molar-refractivity contribution in [3.8, 4) is 5.75 Å². The summed E-state index contributed by atoms with van der Waals surface area (Å²) in [7, 11) is 0. The number of hydrogen-bond acceptors (Lipinski definition) is 4. The van der Waals surface area contributed by atoms with Crippen LogP contribution in [0.25, 0.3) is 6.08 Å². The number of rotatable bonds is 8. The third-order valence-electron chi connectivity index (χ3n) is 4.12. The van der Waals surface area contributed by atoms with Crippen LogP contribution in [0.3, 0.4) is 0 Å². The van der Waals surface area contributed by atoms with Crippen LogP contribution in [-0.2, 0) is 16.1 Å². The maximum absolute atomic E-state index is 12.0. The summed E-state index contributed by atoms with van der Waals surface area (Å²) in [6.07, 6.45) is 4.89. The number of carbonyl (C=O) groups excluding carboxylic acids is 2. The maximum Gasteiger partial charge on any atom is 0.276 e. The Hall–Kier alpha value is -2.80. The minimum Gasteiger partial charge on any atom is -0.484 e. The van der Waals surface area contributed by atoms with Crippen molar-refractivity contribution in [1.82, 2.24) is 20.6 Å². The van der Waals surface area contributed by atoms with Gasteiger partial charge in [-0.2, -0.15) is 5.10 Å². The van der Waals surface area contributed by atoms with Crippen LogP contribution in [0.4, 0.5) is 0 Å². The summed E-state index contributed by atoms with van der Waals surface area (Å²) in [6, 6.07) is 5.70. The number of aryl methyl sites for hydroxylation is 4. The molecule has 7 nitrogen and oxygen atoms in total. The SMILES string of the molecule is CCCCn1nc(C)c(/C=C/C(=O)NNC(=O)COc2cc(C)cc(C)c2)c1Cl. The highest BCUT2D eigenvalue weighted by atomic mass is 35.5. The number of aromatic nitrogens is 2. The fourth-order valence-electron chi connectivity index (χ4n) is 2.75. The lowest BCUT2D eigenvalue weighted by Crippen LogP contribution is -2.43. The Morgan fingerprint density at radius 2 is 1.86 bits per heavy atom. The molecule has 156 valence electrons. The lowest BCUT2D eigenvalue weighted by atomic mass is 10.1. The number of halogens is 1. The van der Waals surface area contributed by atoms with Gasteiger partial charge in [-0.25, -0.2) is 0 Å². The fourth-order valence-corrected chi connectivity index (χ4v) is 3.07. The summed E-state index contributed by atoms with van der Waals surface area (Å²) in [6.45, 7) is 8.35. The van der Waals surface area contributed by atoms with Crippen molar-refractivity contribution in [2.45, 2.75) is 47.1 Å². The molecule has 0 radical (unpaired) electrons. The Kier molecular flexibility index (Phi) is 8.27. The van der Waals surface area contributed by atoms with E-state index in [1.54, 1.807) is 10.8 Å². The van der Waals surface area contributed by atoms with Crippen LogP contribution in [0.1, 0.15) is 42.1 Å². The summed E-state index contributed by atoms with van der Waals surface area (Å²) in [5.41, 5.74) is 8.14. The molecule has 0 aliphatic rings. The Morgan fingerprint density at radius 1 is 1.17 bits per heavy atom. The van der Waals surface area contributed by atoms with E-state index in [1.807, 2.05) is 39.0 Å². The predicted octanol–water partition coefficient (Wildman–Crippen LogP) is 3.50. The number of unbranched alkanes of at least 4 members (excludes halogenated alkanes) is 1. The van der Waals surface area contributed by atoms with Crippen LogP contribution in [0.15, 0.2) is 24.3 Å². The van der Waals surface area contributed by atoms with Gasteiger partial charge in [0.15, 0.2) is 6.61 Å². The highest BCUT2D eigenvalue weighted by Crippen LogP contribution is 2.21. The van der Waals surface area contributed by atoms with E-state index >= 15 is 0 Å². The lowest BCUT2D eigenvalue weighted by molar-refractivity contribution is -0.128. The third kappa shape index (κ3) is 6.94. The summed E-state index contributed by atoms with van der Waals surface area (Å²) < 4.78 is 7.17. The van der Waals surface area contributed by atoms with Gasteiger partial charge in [0.1, 0.15) is 10.9 Å². The number of hydrogen-bond donors (Lipinski definition) is 2. The van der Waals surface area contributed by atoms with Gasteiger partial charge in [0.25, 0.3) is 11.8 Å². The van der Waals surface area contributed by atoms with Crippen molar-refractivity contribution in [2.24, 2.45) is 0 Å². The molecule has 0 unspecified atom stereocenters. The largest absolute Gasteiger partial charge is 0.484 e. The Labute approximate surface area is 176 Å². The van der Waals surface area contributed by atoms with Crippen LogP contribution in [0.2, 0.25) is 5.15 Å². The van der Waals surface area contributed by atoms with E-state index in [0.717, 1.165) is 36.2 Å². The smallest absolute Gasteiger partial charge is 0.276 e. The van der Waals surface area contributed by atoms with Gasteiger partial charge >= 0.3 is 0 Å². The minimum absolute atomic E-state index is 0.206. The number of nitrogens with one attached hydrogen (secondary N) is 2. The van der Waals surface area contributed by atoms with Gasteiger partial charge in [-0.1, -0.05) is 31.0 Å². The average Bonchev–Trinajstić information content (AvgIpc) is 2.93. The van der Waals surface area contributed by atoms with Crippen molar-refractivity contribution >= 4 is 29.5 Å². The molecule has 0 saturated heterocycles. The zero-order valence-corrected chi connectivity index (χ0v) is 18.0. The standard InChI is InChI=1S/C21H27ClN4O3/c1-5-6-9-26-21(22)18(16(4)25-26)7-8-19(27)23-24-20(28)13-29-17-11-14(2)10-15(3)12-17/h7-8,10-12H,5-6,9,13H2,1-4H3,(H,23,27)(H,24,28)/b8-7+. The molecule has 8 heteroatoms. The third-order valence-corrected chi connectivity index (χ3v) is 4.52. The number of ether oxygens (including phenoxy) is 1. The summed E-state index contributed by atoms with van der Waals surface area (Å²) >= 11 is 6.33. The van der Waals surface area contributed by atoms with Crippen LogP contribution in [0.5, 0.6) is 5.75 Å². The molecular weight excluding hydrogens is 392 g/mol.